The number of nitrogens with two attached hydrogens (primary N) is 2. The zero-order valence-electron chi connectivity index (χ0n) is 33.2. The molecule has 11 N–H and O–H groups in total. The molecule has 17 nitrogen and oxygen atoms in total. The molecule has 0 unspecified atom stereocenters. The van der Waals surface area contributed by atoms with Crippen LogP contribution in [-0.4, -0.2) is 125 Å². The van der Waals surface area contributed by atoms with Gasteiger partial charge in [0.2, 0.25) is 35.4 Å². The van der Waals surface area contributed by atoms with Gasteiger partial charge in [0.25, 0.3) is 0 Å². The Kier molecular flexibility index (Phi) is 21.2. The largest absolute Gasteiger partial charge is 0.481 e. The lowest BCUT2D eigenvalue weighted by atomic mass is 9.98. The highest BCUT2D eigenvalue weighted by Gasteiger charge is 2.38. The van der Waals surface area contributed by atoms with Crippen molar-refractivity contribution >= 4 is 41.4 Å². The summed E-state index contributed by atoms with van der Waals surface area (Å²) in [6, 6.07) is 0.523. The summed E-state index contributed by atoms with van der Waals surface area (Å²) in [4.78, 5) is 89.8. The lowest BCUT2D eigenvalue weighted by Crippen LogP contribution is -2.60. The average molecular weight is 817 g/mol. The minimum absolute atomic E-state index is 0.0594. The van der Waals surface area contributed by atoms with E-state index < -0.39 is 116 Å². The monoisotopic (exact) mass is 816 g/mol. The smallest absolute Gasteiger partial charge is 0.401 e. The van der Waals surface area contributed by atoms with Crippen LogP contribution in [0.5, 0.6) is 0 Å². The number of carbonyl (C=O) groups excluding carboxylic acids is 6. The predicted octanol–water partition coefficient (Wildman–Crippen LogP) is -0.455. The SMILES string of the molecule is CC(C)C[C@@H](CN(CC(F)(F)F)[C@@H](CC(C)C)C(N)=O)NC(=O)CNC(=O)[C@@H](NC(=O)[C@H](Cc1ccccc1)NC(=O)[C@H](CO)NC(=O)[C@@H](N)CC(=O)O)C(C)C. The normalized spacial score (nSPS) is 14.9. The summed E-state index contributed by atoms with van der Waals surface area (Å²) in [5.74, 6) is -7.55. The molecule has 0 aliphatic heterocycles. The van der Waals surface area contributed by atoms with Crippen molar-refractivity contribution in [3.05, 3.63) is 35.9 Å². The number of aliphatic carboxylic acids is 1. The minimum Gasteiger partial charge on any atom is -0.481 e. The highest BCUT2D eigenvalue weighted by atomic mass is 19.4. The maximum atomic E-state index is 13.7. The second kappa shape index (κ2) is 24.1. The summed E-state index contributed by atoms with van der Waals surface area (Å²) in [5, 5.41) is 31.0. The summed E-state index contributed by atoms with van der Waals surface area (Å²) in [6.07, 6.45) is -5.23. The number of rotatable bonds is 25. The molecular weight excluding hydrogens is 757 g/mol. The first-order valence-corrected chi connectivity index (χ1v) is 18.6. The molecule has 20 heteroatoms. The number of carboxylic acid groups (broad SMARTS) is 1. The zero-order valence-corrected chi connectivity index (χ0v) is 33.2. The second-order valence-electron chi connectivity index (χ2n) is 15.1. The third kappa shape index (κ3) is 19.7. The number of hydrogen-bond donors (Lipinski definition) is 9. The van der Waals surface area contributed by atoms with Gasteiger partial charge in [0.15, 0.2) is 0 Å². The van der Waals surface area contributed by atoms with Crippen LogP contribution in [0, 0.1) is 17.8 Å². The van der Waals surface area contributed by atoms with Crippen LogP contribution in [0.1, 0.15) is 66.4 Å². The van der Waals surface area contributed by atoms with E-state index in [4.69, 9.17) is 16.6 Å². The van der Waals surface area contributed by atoms with E-state index in [1.165, 1.54) is 0 Å². The Morgan fingerprint density at radius 1 is 0.789 bits per heavy atom. The highest BCUT2D eigenvalue weighted by Crippen LogP contribution is 2.22. The molecule has 1 aromatic carbocycles. The number of primary amides is 1. The Labute approximate surface area is 330 Å². The summed E-state index contributed by atoms with van der Waals surface area (Å²) in [7, 11) is 0. The van der Waals surface area contributed by atoms with Crippen LogP contribution in [-0.2, 0) is 40.0 Å². The Balaban J connectivity index is 3.17. The number of alkyl halides is 3. The van der Waals surface area contributed by atoms with Crippen molar-refractivity contribution in [2.75, 3.05) is 26.2 Å². The van der Waals surface area contributed by atoms with Crippen molar-refractivity contribution in [2.45, 2.75) is 110 Å². The molecule has 0 saturated carbocycles. The van der Waals surface area contributed by atoms with Crippen molar-refractivity contribution in [1.82, 2.24) is 31.5 Å². The number of amides is 6. The Bertz CT molecular complexity index is 1500. The van der Waals surface area contributed by atoms with Crippen molar-refractivity contribution in [2.24, 2.45) is 29.2 Å². The lowest BCUT2D eigenvalue weighted by molar-refractivity contribution is -0.156. The number of nitrogens with zero attached hydrogens (tertiary/aromatic N) is 1. The van der Waals surface area contributed by atoms with Gasteiger partial charge in [-0.3, -0.25) is 38.5 Å². The molecule has 0 saturated heterocycles. The van der Waals surface area contributed by atoms with Gasteiger partial charge in [-0.15, -0.1) is 0 Å². The minimum atomic E-state index is -4.67. The van der Waals surface area contributed by atoms with Crippen molar-refractivity contribution in [3.8, 4) is 0 Å². The number of carbonyl (C=O) groups is 7. The molecule has 0 aromatic heterocycles. The molecule has 1 rings (SSSR count). The van der Waals surface area contributed by atoms with Gasteiger partial charge >= 0.3 is 12.1 Å². The molecule has 0 spiro atoms. The van der Waals surface area contributed by atoms with Crippen molar-refractivity contribution in [3.63, 3.8) is 0 Å². The van der Waals surface area contributed by atoms with E-state index in [0.717, 1.165) is 4.90 Å². The van der Waals surface area contributed by atoms with Gasteiger partial charge in [0.1, 0.15) is 18.1 Å². The first kappa shape index (κ1) is 50.2. The molecule has 57 heavy (non-hydrogen) atoms. The van der Waals surface area contributed by atoms with Gasteiger partial charge in [0, 0.05) is 19.0 Å². The highest BCUT2D eigenvalue weighted by molar-refractivity contribution is 5.96. The molecule has 6 amide bonds. The maximum absolute atomic E-state index is 13.7. The van der Waals surface area contributed by atoms with E-state index in [2.05, 4.69) is 26.6 Å². The summed E-state index contributed by atoms with van der Waals surface area (Å²) in [5.41, 5.74) is 11.7. The number of hydrogen-bond acceptors (Lipinski definition) is 10. The lowest BCUT2D eigenvalue weighted by Gasteiger charge is -2.35. The van der Waals surface area contributed by atoms with E-state index in [-0.39, 0.29) is 37.6 Å². The number of aliphatic hydroxyl groups is 1. The fourth-order valence-electron chi connectivity index (χ4n) is 5.89. The van der Waals surface area contributed by atoms with E-state index in [1.807, 2.05) is 0 Å². The van der Waals surface area contributed by atoms with Gasteiger partial charge in [-0.05, 0) is 36.2 Å². The molecule has 0 fully saturated rings. The van der Waals surface area contributed by atoms with Crippen LogP contribution in [0.2, 0.25) is 0 Å². The number of halogens is 3. The molecule has 1 aromatic rings. The van der Waals surface area contributed by atoms with E-state index in [1.54, 1.807) is 71.9 Å². The Morgan fingerprint density at radius 3 is 1.84 bits per heavy atom. The number of carboxylic acids is 1. The van der Waals surface area contributed by atoms with Crippen molar-refractivity contribution < 1.29 is 56.9 Å². The fraction of sp³-hybridized carbons (Fsp3) is 0.649. The van der Waals surface area contributed by atoms with Crippen LogP contribution >= 0.6 is 0 Å². The van der Waals surface area contributed by atoms with Crippen LogP contribution < -0.4 is 38.1 Å². The predicted molar refractivity (Wildman–Crippen MR) is 203 cm³/mol. The van der Waals surface area contributed by atoms with Crippen molar-refractivity contribution in [1.29, 1.82) is 0 Å². The molecule has 0 aliphatic rings. The van der Waals surface area contributed by atoms with Crippen LogP contribution in [0.3, 0.4) is 0 Å². The summed E-state index contributed by atoms with van der Waals surface area (Å²) >= 11 is 0. The topological polar surface area (TPSA) is 275 Å². The standard InChI is InChI=1S/C37H59F3N8O9/c1-20(2)12-24(17-48(19-37(38,39)40)28(32(42)53)13-21(3)4)44-29(50)16-43-36(57)31(22(5)6)47-34(55)26(14-23-10-8-7-9-11-23)45-35(56)27(18-49)46-33(54)25(41)15-30(51)52/h7-11,20-22,24-28,31,49H,12-19,41H2,1-6H3,(H2,42,53)(H,43,57)(H,44,50)(H,45,56)(H,46,54)(H,47,55)(H,51,52)/t24-,25-,26-,27-,28-,31-/m0/s1. The molecule has 6 atom stereocenters. The van der Waals surface area contributed by atoms with E-state index in [9.17, 15) is 51.8 Å². The molecule has 0 bridgehead atoms. The average Bonchev–Trinajstić information content (AvgIpc) is 3.08. The third-order valence-electron chi connectivity index (χ3n) is 8.55. The zero-order chi connectivity index (χ0) is 43.6. The molecule has 0 radical (unpaired) electrons. The number of nitrogens with one attached hydrogen (secondary N) is 5. The molecule has 322 valence electrons. The number of benzene rings is 1. The van der Waals surface area contributed by atoms with Gasteiger partial charge in [-0.2, -0.15) is 13.2 Å². The van der Waals surface area contributed by atoms with Gasteiger partial charge in [-0.1, -0.05) is 71.9 Å². The van der Waals surface area contributed by atoms with Gasteiger partial charge in [0.05, 0.1) is 38.2 Å². The summed E-state index contributed by atoms with van der Waals surface area (Å²) in [6.45, 7) is 6.94. The maximum Gasteiger partial charge on any atom is 0.401 e. The van der Waals surface area contributed by atoms with E-state index in [0.29, 0.717) is 5.56 Å². The Morgan fingerprint density at radius 2 is 1.35 bits per heavy atom. The van der Waals surface area contributed by atoms with Gasteiger partial charge < -0.3 is 48.3 Å². The number of aliphatic hydroxyl groups excluding tert-OH is 1. The third-order valence-corrected chi connectivity index (χ3v) is 8.55. The second-order valence-corrected chi connectivity index (χ2v) is 15.1. The first-order chi connectivity index (χ1) is 26.4. The Hall–Kier alpha value is -4.82. The van der Waals surface area contributed by atoms with Crippen LogP contribution in [0.25, 0.3) is 0 Å². The van der Waals surface area contributed by atoms with E-state index >= 15 is 0 Å². The first-order valence-electron chi connectivity index (χ1n) is 18.6. The van der Waals surface area contributed by atoms with Gasteiger partial charge in [-0.25, -0.2) is 0 Å². The molecule has 0 aliphatic carbocycles. The molecule has 0 heterocycles. The summed E-state index contributed by atoms with van der Waals surface area (Å²) < 4.78 is 40.9. The molecular formula is C37H59F3N8O9. The quantitative estimate of drug-likeness (QED) is 0.0610. The van der Waals surface area contributed by atoms with Crippen LogP contribution in [0.4, 0.5) is 13.2 Å². The fourth-order valence-corrected chi connectivity index (χ4v) is 5.89. The van der Waals surface area contributed by atoms with Crippen LogP contribution in [0.15, 0.2) is 30.3 Å².